The van der Waals surface area contributed by atoms with Gasteiger partial charge in [-0.15, -0.1) is 11.3 Å². The van der Waals surface area contributed by atoms with Gasteiger partial charge in [0, 0.05) is 0 Å². The van der Waals surface area contributed by atoms with Gasteiger partial charge in [0.25, 0.3) is 0 Å². The zero-order valence-electron chi connectivity index (χ0n) is 5.52. The molecular formula is C5H3BrF3NOS. The summed E-state index contributed by atoms with van der Waals surface area (Å²) in [5.74, 6) is 0. The number of aliphatic hydroxyl groups excluding tert-OH is 1. The monoisotopic (exact) mass is 261 g/mol. The number of aromatic nitrogens is 1. The fraction of sp³-hybridized carbons (Fsp3) is 0.400. The number of thiazole rings is 1. The van der Waals surface area contributed by atoms with Gasteiger partial charge in [-0.05, 0) is 15.9 Å². The number of halogens is 4. The normalized spacial score (nSPS) is 12.1. The molecule has 0 atom stereocenters. The number of nitrogens with zero attached hydrogens (tertiary/aromatic N) is 1. The maximum absolute atomic E-state index is 12.1. The van der Waals surface area contributed by atoms with Gasteiger partial charge in [0.2, 0.25) is 0 Å². The minimum atomic E-state index is -4.49. The molecule has 1 aromatic heterocycles. The van der Waals surface area contributed by atoms with Gasteiger partial charge in [-0.3, -0.25) is 0 Å². The largest absolute Gasteiger partial charge is 0.434 e. The number of hydrogen-bond donors (Lipinski definition) is 1. The number of rotatable bonds is 1. The van der Waals surface area contributed by atoms with Crippen molar-refractivity contribution in [1.82, 2.24) is 4.98 Å². The van der Waals surface area contributed by atoms with Crippen LogP contribution < -0.4 is 0 Å². The summed E-state index contributed by atoms with van der Waals surface area (Å²) in [4.78, 5) is 3.03. The molecule has 0 radical (unpaired) electrons. The molecule has 1 N–H and O–H groups in total. The van der Waals surface area contributed by atoms with E-state index in [9.17, 15) is 13.2 Å². The van der Waals surface area contributed by atoms with Crippen LogP contribution in [0.1, 0.15) is 10.6 Å². The van der Waals surface area contributed by atoms with E-state index >= 15 is 0 Å². The summed E-state index contributed by atoms with van der Waals surface area (Å²) < 4.78 is 36.3. The van der Waals surface area contributed by atoms with Crippen LogP contribution in [0.4, 0.5) is 13.2 Å². The first-order valence-corrected chi connectivity index (χ1v) is 4.39. The highest BCUT2D eigenvalue weighted by molar-refractivity contribution is 9.11. The smallest absolute Gasteiger partial charge is 0.391 e. The second kappa shape index (κ2) is 3.31. The van der Waals surface area contributed by atoms with Gasteiger partial charge in [0.1, 0.15) is 0 Å². The molecule has 0 bridgehead atoms. The lowest BCUT2D eigenvalue weighted by atomic mass is 10.4. The van der Waals surface area contributed by atoms with Crippen LogP contribution in [0.15, 0.2) is 3.92 Å². The summed E-state index contributed by atoms with van der Waals surface area (Å²) >= 11 is 3.59. The predicted molar refractivity (Wildman–Crippen MR) is 40.7 cm³/mol. The van der Waals surface area contributed by atoms with E-state index in [2.05, 4.69) is 20.9 Å². The van der Waals surface area contributed by atoms with Crippen LogP contribution in [-0.4, -0.2) is 10.1 Å². The minimum absolute atomic E-state index is 0.124. The Balaban J connectivity index is 3.13. The molecule has 7 heteroatoms. The van der Waals surface area contributed by atoms with Crippen molar-refractivity contribution in [2.75, 3.05) is 0 Å². The van der Waals surface area contributed by atoms with Gasteiger partial charge >= 0.3 is 6.18 Å². The Kier molecular flexibility index (Phi) is 2.74. The van der Waals surface area contributed by atoms with Crippen molar-refractivity contribution in [3.63, 3.8) is 0 Å². The fourth-order valence-corrected chi connectivity index (χ4v) is 2.08. The molecule has 1 heterocycles. The van der Waals surface area contributed by atoms with Gasteiger partial charge in [0.05, 0.1) is 11.5 Å². The van der Waals surface area contributed by atoms with E-state index in [-0.39, 0.29) is 8.79 Å². The molecule has 0 saturated carbocycles. The molecule has 2 nitrogen and oxygen atoms in total. The SMILES string of the molecule is OCc1sc(Br)nc1C(F)(F)F. The zero-order valence-corrected chi connectivity index (χ0v) is 7.92. The van der Waals surface area contributed by atoms with Gasteiger partial charge in [0.15, 0.2) is 9.61 Å². The van der Waals surface area contributed by atoms with Crippen molar-refractivity contribution in [2.45, 2.75) is 12.8 Å². The second-order valence-corrected chi connectivity index (χ2v) is 4.25. The van der Waals surface area contributed by atoms with E-state index in [1.807, 2.05) is 0 Å². The third kappa shape index (κ3) is 1.96. The molecule has 68 valence electrons. The van der Waals surface area contributed by atoms with Crippen molar-refractivity contribution in [3.05, 3.63) is 14.5 Å². The quantitative estimate of drug-likeness (QED) is 0.843. The first-order chi connectivity index (χ1) is 5.45. The van der Waals surface area contributed by atoms with Crippen LogP contribution in [0.5, 0.6) is 0 Å². The van der Waals surface area contributed by atoms with Gasteiger partial charge < -0.3 is 5.11 Å². The summed E-state index contributed by atoms with van der Waals surface area (Å²) in [5.41, 5.74) is -1.01. The van der Waals surface area contributed by atoms with Gasteiger partial charge in [-0.1, -0.05) is 0 Å². The Morgan fingerprint density at radius 3 is 2.42 bits per heavy atom. The molecular weight excluding hydrogens is 259 g/mol. The minimum Gasteiger partial charge on any atom is -0.391 e. The molecule has 0 spiro atoms. The zero-order chi connectivity index (χ0) is 9.35. The average Bonchev–Trinajstić information content (AvgIpc) is 2.29. The van der Waals surface area contributed by atoms with Crippen molar-refractivity contribution in [1.29, 1.82) is 0 Å². The second-order valence-electron chi connectivity index (χ2n) is 1.89. The summed E-state index contributed by atoms with van der Waals surface area (Å²) in [6, 6.07) is 0. The molecule has 1 aromatic rings. The molecule has 0 saturated heterocycles. The number of hydrogen-bond acceptors (Lipinski definition) is 3. The third-order valence-corrected chi connectivity index (χ3v) is 2.57. The lowest BCUT2D eigenvalue weighted by Crippen LogP contribution is -2.08. The first-order valence-electron chi connectivity index (χ1n) is 2.78. The van der Waals surface area contributed by atoms with Crippen LogP contribution in [0.2, 0.25) is 0 Å². The fourth-order valence-electron chi connectivity index (χ4n) is 0.652. The third-order valence-electron chi connectivity index (χ3n) is 1.08. The summed E-state index contributed by atoms with van der Waals surface area (Å²) in [7, 11) is 0. The molecule has 1 rings (SSSR count). The maximum atomic E-state index is 12.1. The van der Waals surface area contributed by atoms with Crippen LogP contribution in [0, 0.1) is 0 Å². The Morgan fingerprint density at radius 1 is 1.50 bits per heavy atom. The van der Waals surface area contributed by atoms with E-state index in [4.69, 9.17) is 5.11 Å². The van der Waals surface area contributed by atoms with Crippen LogP contribution in [-0.2, 0) is 12.8 Å². The average molecular weight is 262 g/mol. The van der Waals surface area contributed by atoms with Gasteiger partial charge in [-0.25, -0.2) is 4.98 Å². The Hall–Kier alpha value is -0.140. The molecule has 0 aliphatic heterocycles. The van der Waals surface area contributed by atoms with Crippen LogP contribution >= 0.6 is 27.3 Å². The van der Waals surface area contributed by atoms with Crippen molar-refractivity contribution in [2.24, 2.45) is 0 Å². The van der Waals surface area contributed by atoms with Gasteiger partial charge in [-0.2, -0.15) is 13.2 Å². The summed E-state index contributed by atoms with van der Waals surface area (Å²) in [5, 5.41) is 8.54. The van der Waals surface area contributed by atoms with E-state index in [0.717, 1.165) is 11.3 Å². The highest BCUT2D eigenvalue weighted by Gasteiger charge is 2.36. The lowest BCUT2D eigenvalue weighted by Gasteiger charge is -2.02. The first kappa shape index (κ1) is 9.94. The molecule has 0 aliphatic rings. The Bertz CT molecular complexity index is 285. The van der Waals surface area contributed by atoms with Crippen LogP contribution in [0.3, 0.4) is 0 Å². The molecule has 0 aliphatic carbocycles. The summed E-state index contributed by atoms with van der Waals surface area (Å²) in [6.07, 6.45) is -4.49. The van der Waals surface area contributed by atoms with Crippen LogP contribution in [0.25, 0.3) is 0 Å². The highest BCUT2D eigenvalue weighted by Crippen LogP contribution is 2.35. The van der Waals surface area contributed by atoms with E-state index < -0.39 is 18.5 Å². The summed E-state index contributed by atoms with van der Waals surface area (Å²) in [6.45, 7) is -0.641. The molecule has 0 aromatic carbocycles. The molecule has 0 unspecified atom stereocenters. The molecule has 12 heavy (non-hydrogen) atoms. The Labute approximate surface area is 78.2 Å². The number of alkyl halides is 3. The maximum Gasteiger partial charge on any atom is 0.434 e. The predicted octanol–water partition coefficient (Wildman–Crippen LogP) is 2.42. The molecule has 0 amide bonds. The van der Waals surface area contributed by atoms with E-state index in [1.165, 1.54) is 0 Å². The molecule has 0 fully saturated rings. The van der Waals surface area contributed by atoms with E-state index in [1.54, 1.807) is 0 Å². The van der Waals surface area contributed by atoms with Crippen molar-refractivity contribution in [3.8, 4) is 0 Å². The van der Waals surface area contributed by atoms with Crippen molar-refractivity contribution >= 4 is 27.3 Å². The standard InChI is InChI=1S/C5H3BrF3NOS/c6-4-10-3(5(7,8)9)2(1-11)12-4/h11H,1H2. The van der Waals surface area contributed by atoms with Crippen molar-refractivity contribution < 1.29 is 18.3 Å². The highest BCUT2D eigenvalue weighted by atomic mass is 79.9. The lowest BCUT2D eigenvalue weighted by molar-refractivity contribution is -0.141. The topological polar surface area (TPSA) is 33.1 Å². The van der Waals surface area contributed by atoms with E-state index in [0.29, 0.717) is 0 Å². The number of aliphatic hydroxyl groups is 1. The Morgan fingerprint density at radius 2 is 2.08 bits per heavy atom.